The second-order valence-electron chi connectivity index (χ2n) is 14.5. The van der Waals surface area contributed by atoms with Gasteiger partial charge in [-0.3, -0.25) is 9.59 Å². The molecule has 1 saturated heterocycles. The van der Waals surface area contributed by atoms with E-state index in [4.69, 9.17) is 14.6 Å². The molecule has 7 rings (SSSR count). The number of nitrogens with zero attached hydrogens (tertiary/aromatic N) is 3. The molecule has 0 radical (unpaired) electrons. The van der Waals surface area contributed by atoms with E-state index in [9.17, 15) is 14.4 Å². The number of pyridine rings is 1. The maximum atomic E-state index is 14.0. The van der Waals surface area contributed by atoms with Crippen LogP contribution in [0.5, 0.6) is 0 Å². The van der Waals surface area contributed by atoms with Crippen LogP contribution in [0.3, 0.4) is 0 Å². The molecule has 53 heavy (non-hydrogen) atoms. The molecular formula is C43H43N5O5. The summed E-state index contributed by atoms with van der Waals surface area (Å²) in [5.74, 6) is -0.376. The van der Waals surface area contributed by atoms with Crippen LogP contribution in [-0.4, -0.2) is 63.1 Å². The maximum Gasteiger partial charge on any atom is 0.410 e. The lowest BCUT2D eigenvalue weighted by atomic mass is 9.77. The van der Waals surface area contributed by atoms with Crippen molar-refractivity contribution in [1.29, 1.82) is 0 Å². The van der Waals surface area contributed by atoms with Gasteiger partial charge in [-0.05, 0) is 68.7 Å². The summed E-state index contributed by atoms with van der Waals surface area (Å²) in [7, 11) is 1.48. The van der Waals surface area contributed by atoms with Gasteiger partial charge in [-0.25, -0.2) is 9.48 Å². The van der Waals surface area contributed by atoms with Crippen molar-refractivity contribution in [2.45, 2.75) is 50.9 Å². The van der Waals surface area contributed by atoms with Gasteiger partial charge in [0.15, 0.2) is 5.60 Å². The normalized spacial score (nSPS) is 16.1. The fraction of sp³-hybridized carbons (Fsp3) is 0.256. The lowest BCUT2D eigenvalue weighted by Gasteiger charge is -2.37. The molecule has 4 aromatic carbocycles. The number of aromatic nitrogens is 3. The molecule has 270 valence electrons. The van der Waals surface area contributed by atoms with Crippen LogP contribution in [0, 0.1) is 6.92 Å². The van der Waals surface area contributed by atoms with E-state index in [1.807, 2.05) is 83.5 Å². The molecule has 2 amide bonds. The molecule has 0 aliphatic carbocycles. The Hall–Kier alpha value is -6.00. The number of anilines is 1. The van der Waals surface area contributed by atoms with Crippen LogP contribution in [0.1, 0.15) is 49.4 Å². The Kier molecular flexibility index (Phi) is 9.25. The van der Waals surface area contributed by atoms with Crippen LogP contribution in [0.25, 0.3) is 22.2 Å². The molecular weight excluding hydrogens is 667 g/mol. The summed E-state index contributed by atoms with van der Waals surface area (Å²) < 4.78 is 13.4. The first kappa shape index (κ1) is 35.4. The number of carbonyl (C=O) groups excluding carboxylic acids is 2. The number of likely N-dealkylation sites (tertiary alicyclic amines) is 1. The summed E-state index contributed by atoms with van der Waals surface area (Å²) >= 11 is 0. The van der Waals surface area contributed by atoms with Gasteiger partial charge in [-0.1, -0.05) is 91.0 Å². The minimum absolute atomic E-state index is 0.0510. The van der Waals surface area contributed by atoms with E-state index in [1.165, 1.54) is 12.0 Å². The molecule has 1 unspecified atom stereocenters. The highest BCUT2D eigenvalue weighted by Gasteiger charge is 2.48. The lowest BCUT2D eigenvalue weighted by Crippen LogP contribution is -2.48. The number of ether oxygens (including phenoxy) is 2. The van der Waals surface area contributed by atoms with Crippen molar-refractivity contribution in [3.63, 3.8) is 0 Å². The zero-order valence-electron chi connectivity index (χ0n) is 30.6. The van der Waals surface area contributed by atoms with Crippen LogP contribution >= 0.6 is 0 Å². The van der Waals surface area contributed by atoms with Gasteiger partial charge in [0.25, 0.3) is 11.5 Å². The number of hydrogen-bond donors (Lipinski definition) is 2. The van der Waals surface area contributed by atoms with Gasteiger partial charge in [0.1, 0.15) is 16.8 Å². The molecule has 3 heterocycles. The first-order valence-corrected chi connectivity index (χ1v) is 17.7. The molecule has 1 aliphatic rings. The minimum Gasteiger partial charge on any atom is -0.444 e. The average molecular weight is 710 g/mol. The summed E-state index contributed by atoms with van der Waals surface area (Å²) in [6.07, 6.45) is 1.44. The number of rotatable bonds is 8. The first-order valence-electron chi connectivity index (χ1n) is 17.7. The molecule has 1 aliphatic heterocycles. The number of H-pyrrole nitrogens is 1. The largest absolute Gasteiger partial charge is 0.444 e. The van der Waals surface area contributed by atoms with E-state index in [2.05, 4.69) is 46.7 Å². The Morgan fingerprint density at radius 3 is 1.98 bits per heavy atom. The van der Waals surface area contributed by atoms with E-state index < -0.39 is 22.8 Å². The van der Waals surface area contributed by atoms with Crippen molar-refractivity contribution in [2.24, 2.45) is 0 Å². The van der Waals surface area contributed by atoms with Crippen LogP contribution in [-0.2, 0) is 19.8 Å². The summed E-state index contributed by atoms with van der Waals surface area (Å²) in [4.78, 5) is 44.2. The number of methoxy groups -OCH3 is 1. The quantitative estimate of drug-likeness (QED) is 0.158. The fourth-order valence-corrected chi connectivity index (χ4v) is 7.32. The highest BCUT2D eigenvalue weighted by Crippen LogP contribution is 2.44. The van der Waals surface area contributed by atoms with E-state index in [1.54, 1.807) is 33.9 Å². The van der Waals surface area contributed by atoms with Gasteiger partial charge < -0.3 is 24.7 Å². The predicted molar refractivity (Wildman–Crippen MR) is 206 cm³/mol. The number of amides is 2. The van der Waals surface area contributed by atoms with Gasteiger partial charge in [-0.15, -0.1) is 0 Å². The number of benzene rings is 4. The molecule has 1 atom stereocenters. The highest BCUT2D eigenvalue weighted by molar-refractivity contribution is 6.02. The summed E-state index contributed by atoms with van der Waals surface area (Å²) in [5.41, 5.74) is 2.96. The van der Waals surface area contributed by atoms with Gasteiger partial charge in [-0.2, -0.15) is 5.10 Å². The van der Waals surface area contributed by atoms with Crippen molar-refractivity contribution >= 4 is 28.6 Å². The van der Waals surface area contributed by atoms with E-state index in [-0.39, 0.29) is 18.0 Å². The SMILES string of the molecule is COC1(C(=O)Nc2ccc3c(c2)c(-c2cc[nH]c(=O)c2C)nn3C(c2ccccc2)(c2ccccc2)c2ccccc2)CCN(C(=O)OC(C)(C)C)C1. The molecule has 2 N–H and O–H groups in total. The maximum absolute atomic E-state index is 14.0. The topological polar surface area (TPSA) is 119 Å². The molecule has 0 bridgehead atoms. The van der Waals surface area contributed by atoms with Crippen LogP contribution in [0.15, 0.2) is 126 Å². The Morgan fingerprint density at radius 1 is 0.849 bits per heavy atom. The molecule has 0 spiro atoms. The second-order valence-corrected chi connectivity index (χ2v) is 14.5. The first-order chi connectivity index (χ1) is 25.5. The lowest BCUT2D eigenvalue weighted by molar-refractivity contribution is -0.136. The number of hydrogen-bond acceptors (Lipinski definition) is 6. The van der Waals surface area contributed by atoms with Crippen molar-refractivity contribution in [2.75, 3.05) is 25.5 Å². The Morgan fingerprint density at radius 2 is 1.43 bits per heavy atom. The van der Waals surface area contributed by atoms with Gasteiger partial charge in [0.2, 0.25) is 0 Å². The summed E-state index contributed by atoms with van der Waals surface area (Å²) in [6.45, 7) is 7.56. The van der Waals surface area contributed by atoms with Crippen LogP contribution in [0.4, 0.5) is 10.5 Å². The predicted octanol–water partition coefficient (Wildman–Crippen LogP) is 7.50. The molecule has 6 aromatic rings. The van der Waals surface area contributed by atoms with Gasteiger partial charge in [0, 0.05) is 48.5 Å². The number of carbonyl (C=O) groups is 2. The standard InChI is InChI=1S/C43H43N5O5/c1-29-34(23-25-44-38(29)49)37-35-27-33(45-39(50)42(52-5)24-26-47(28-42)40(51)53-41(2,3)4)21-22-36(35)48(46-37)43(30-15-9-6-10-16-30,31-17-11-7-12-18-31)32-19-13-8-14-20-32/h6-23,25,27H,24,26,28H2,1-5H3,(H,44,49)(H,45,50). The third-order valence-electron chi connectivity index (χ3n) is 9.98. The second kappa shape index (κ2) is 13.9. The van der Waals surface area contributed by atoms with Gasteiger partial charge >= 0.3 is 6.09 Å². The van der Waals surface area contributed by atoms with E-state index in [0.29, 0.717) is 35.5 Å². The van der Waals surface area contributed by atoms with Crippen molar-refractivity contribution < 1.29 is 19.1 Å². The Balaban J connectivity index is 1.41. The third-order valence-corrected chi connectivity index (χ3v) is 9.98. The van der Waals surface area contributed by atoms with E-state index in [0.717, 1.165) is 27.6 Å². The monoisotopic (exact) mass is 709 g/mol. The highest BCUT2D eigenvalue weighted by atomic mass is 16.6. The zero-order chi connectivity index (χ0) is 37.4. The fourth-order valence-electron chi connectivity index (χ4n) is 7.32. The third kappa shape index (κ3) is 6.40. The molecule has 10 heteroatoms. The number of aromatic amines is 1. The minimum atomic E-state index is -1.27. The smallest absolute Gasteiger partial charge is 0.410 e. The van der Waals surface area contributed by atoms with Crippen molar-refractivity contribution in [3.05, 3.63) is 154 Å². The molecule has 0 saturated carbocycles. The zero-order valence-corrected chi connectivity index (χ0v) is 30.6. The summed E-state index contributed by atoms with van der Waals surface area (Å²) in [5, 5.41) is 9.23. The summed E-state index contributed by atoms with van der Waals surface area (Å²) in [6, 6.07) is 38.3. The molecule has 1 fully saturated rings. The van der Waals surface area contributed by atoms with Crippen LogP contribution < -0.4 is 10.9 Å². The van der Waals surface area contributed by atoms with Crippen LogP contribution in [0.2, 0.25) is 0 Å². The van der Waals surface area contributed by atoms with Gasteiger partial charge in [0.05, 0.1) is 12.1 Å². The Labute approximate surface area is 308 Å². The van der Waals surface area contributed by atoms with E-state index >= 15 is 0 Å². The number of fused-ring (bicyclic) bond motifs is 1. The average Bonchev–Trinajstić information content (AvgIpc) is 3.78. The number of nitrogens with one attached hydrogen (secondary N) is 2. The Bertz CT molecular complexity index is 2230. The van der Waals surface area contributed by atoms with Crippen molar-refractivity contribution in [3.8, 4) is 11.3 Å². The van der Waals surface area contributed by atoms with Crippen molar-refractivity contribution in [1.82, 2.24) is 19.7 Å². The molecule has 10 nitrogen and oxygen atoms in total. The molecule has 2 aromatic heterocycles.